The number of pyridine rings is 1. The first kappa shape index (κ1) is 30.5. The van der Waals surface area contributed by atoms with Gasteiger partial charge in [0.05, 0.1) is 18.2 Å². The summed E-state index contributed by atoms with van der Waals surface area (Å²) in [6, 6.07) is 24.0. The van der Waals surface area contributed by atoms with Gasteiger partial charge in [0.1, 0.15) is 11.5 Å². The Kier molecular flexibility index (Phi) is 9.52. The lowest BCUT2D eigenvalue weighted by Crippen LogP contribution is -2.29. The maximum Gasteiger partial charge on any atom is 0.301 e. The van der Waals surface area contributed by atoms with Gasteiger partial charge in [-0.1, -0.05) is 104 Å². The number of carbonyl (C=O) groups excluding carboxylic acids is 2. The molecular weight excluding hydrogens is 605 g/mol. The summed E-state index contributed by atoms with van der Waals surface area (Å²) < 4.78 is 6.59. The molecule has 0 radical (unpaired) electrons. The molecule has 45 heavy (non-hydrogen) atoms. The summed E-state index contributed by atoms with van der Waals surface area (Å²) >= 11 is 2.77. The Morgan fingerprint density at radius 1 is 0.933 bits per heavy atom. The molecule has 10 heteroatoms. The van der Waals surface area contributed by atoms with Gasteiger partial charge in [0.15, 0.2) is 4.34 Å². The molecule has 1 unspecified atom stereocenters. The van der Waals surface area contributed by atoms with Gasteiger partial charge in [-0.2, -0.15) is 0 Å². The molecule has 0 saturated carbocycles. The van der Waals surface area contributed by atoms with Crippen molar-refractivity contribution >= 4 is 56.5 Å². The van der Waals surface area contributed by atoms with Gasteiger partial charge in [-0.3, -0.25) is 19.5 Å². The molecule has 0 spiro atoms. The van der Waals surface area contributed by atoms with Crippen molar-refractivity contribution in [3.05, 3.63) is 114 Å². The van der Waals surface area contributed by atoms with Crippen molar-refractivity contribution < 1.29 is 19.4 Å². The van der Waals surface area contributed by atoms with E-state index in [0.717, 1.165) is 19.3 Å². The first-order valence-electron chi connectivity index (χ1n) is 14.9. The number of rotatable bonds is 12. The zero-order chi connectivity index (χ0) is 31.2. The topological polar surface area (TPSA) is 106 Å². The fourth-order valence-electron chi connectivity index (χ4n) is 5.39. The number of ketones is 1. The number of benzene rings is 3. The second-order valence-electron chi connectivity index (χ2n) is 10.7. The quantitative estimate of drug-likeness (QED) is 0.0367. The van der Waals surface area contributed by atoms with E-state index in [-0.39, 0.29) is 16.5 Å². The lowest BCUT2D eigenvalue weighted by atomic mass is 9.95. The van der Waals surface area contributed by atoms with Crippen molar-refractivity contribution in [3.63, 3.8) is 0 Å². The van der Waals surface area contributed by atoms with Crippen LogP contribution in [0.1, 0.15) is 55.3 Å². The molecule has 3 aromatic carbocycles. The number of hydrogen-bond donors (Lipinski definition) is 1. The molecule has 1 fully saturated rings. The Bertz CT molecular complexity index is 1830. The Hall–Kier alpha value is -4.54. The lowest BCUT2D eigenvalue weighted by molar-refractivity contribution is -0.132. The van der Waals surface area contributed by atoms with Crippen LogP contribution in [0.5, 0.6) is 5.75 Å². The van der Waals surface area contributed by atoms with E-state index >= 15 is 0 Å². The van der Waals surface area contributed by atoms with Crippen LogP contribution in [-0.2, 0) is 15.3 Å². The Morgan fingerprint density at radius 3 is 2.51 bits per heavy atom. The summed E-state index contributed by atoms with van der Waals surface area (Å²) in [5.41, 5.74) is 2.19. The second-order valence-corrected chi connectivity index (χ2v) is 12.8. The van der Waals surface area contributed by atoms with E-state index in [4.69, 9.17) is 4.74 Å². The lowest BCUT2D eigenvalue weighted by Gasteiger charge is -2.22. The third kappa shape index (κ3) is 6.62. The molecule has 1 N–H and O–H groups in total. The smallest absolute Gasteiger partial charge is 0.301 e. The molecule has 1 atom stereocenters. The van der Waals surface area contributed by atoms with E-state index < -0.39 is 17.7 Å². The number of aliphatic hydroxyl groups is 1. The third-order valence-electron chi connectivity index (χ3n) is 7.69. The number of carbonyl (C=O) groups is 2. The molecule has 1 amide bonds. The van der Waals surface area contributed by atoms with Crippen LogP contribution in [0.2, 0.25) is 0 Å². The predicted molar refractivity (Wildman–Crippen MR) is 179 cm³/mol. The van der Waals surface area contributed by atoms with Gasteiger partial charge >= 0.3 is 5.91 Å². The highest BCUT2D eigenvalue weighted by molar-refractivity contribution is 8.00. The van der Waals surface area contributed by atoms with E-state index in [1.54, 1.807) is 12.1 Å². The summed E-state index contributed by atoms with van der Waals surface area (Å²) in [5.74, 6) is -0.460. The van der Waals surface area contributed by atoms with Crippen molar-refractivity contribution in [2.45, 2.75) is 48.7 Å². The van der Waals surface area contributed by atoms with Gasteiger partial charge in [-0.25, -0.2) is 0 Å². The Labute approximate surface area is 269 Å². The summed E-state index contributed by atoms with van der Waals surface area (Å²) in [5, 5.41) is 22.7. The minimum absolute atomic E-state index is 0.0143. The van der Waals surface area contributed by atoms with Crippen molar-refractivity contribution in [1.82, 2.24) is 15.2 Å². The molecule has 228 valence electrons. The minimum Gasteiger partial charge on any atom is -0.507 e. The number of hydrogen-bond acceptors (Lipinski definition) is 9. The van der Waals surface area contributed by atoms with Gasteiger partial charge < -0.3 is 9.84 Å². The summed E-state index contributed by atoms with van der Waals surface area (Å²) in [7, 11) is 0. The number of fused-ring (bicyclic) bond motifs is 1. The standard InChI is InChI=1S/C35H32N4O4S2/c1-2-3-4-7-21-43-27-15-13-24(14-16-27)30-29(31(40)25-17-19-36-20-18-25)32(41)33(42)39(30)34-37-38-35(45-34)44-22-26-11-8-10-23-9-5-6-12-28(23)26/h5-6,8-20,30,40H,2-4,7,21-22H2,1H3/b31-29+. The van der Waals surface area contributed by atoms with Gasteiger partial charge in [-0.05, 0) is 52.6 Å². The van der Waals surface area contributed by atoms with Crippen molar-refractivity contribution in [3.8, 4) is 5.75 Å². The molecule has 0 aliphatic carbocycles. The highest BCUT2D eigenvalue weighted by atomic mass is 32.2. The number of anilines is 1. The van der Waals surface area contributed by atoms with Crippen LogP contribution < -0.4 is 9.64 Å². The van der Waals surface area contributed by atoms with Crippen LogP contribution in [0.15, 0.2) is 101 Å². The van der Waals surface area contributed by atoms with E-state index in [2.05, 4.69) is 46.4 Å². The molecular formula is C35H32N4O4S2. The molecule has 1 aliphatic heterocycles. The molecule has 1 saturated heterocycles. The normalized spacial score (nSPS) is 16.0. The maximum absolute atomic E-state index is 13.6. The number of Topliss-reactive ketones (excluding diaryl/α,β-unsaturated/α-hetero) is 1. The molecule has 8 nitrogen and oxygen atoms in total. The second kappa shape index (κ2) is 14.0. The number of ether oxygens (including phenoxy) is 1. The van der Waals surface area contributed by atoms with E-state index in [1.807, 2.05) is 42.5 Å². The van der Waals surface area contributed by atoms with Crippen molar-refractivity contribution in [1.29, 1.82) is 0 Å². The zero-order valence-electron chi connectivity index (χ0n) is 24.8. The van der Waals surface area contributed by atoms with Crippen LogP contribution in [-0.4, -0.2) is 38.6 Å². The van der Waals surface area contributed by atoms with Gasteiger partial charge in [0, 0.05) is 23.7 Å². The number of nitrogens with zero attached hydrogens (tertiary/aromatic N) is 4. The van der Waals surface area contributed by atoms with Gasteiger partial charge in [0.25, 0.3) is 5.78 Å². The summed E-state index contributed by atoms with van der Waals surface area (Å²) in [6.45, 7) is 2.79. The van der Waals surface area contributed by atoms with Crippen LogP contribution in [0, 0.1) is 0 Å². The van der Waals surface area contributed by atoms with Crippen molar-refractivity contribution in [2.24, 2.45) is 0 Å². The highest BCUT2D eigenvalue weighted by Crippen LogP contribution is 2.44. The average Bonchev–Trinajstić information content (AvgIpc) is 3.65. The largest absolute Gasteiger partial charge is 0.507 e. The van der Waals surface area contributed by atoms with E-state index in [1.165, 1.54) is 63.1 Å². The number of amides is 1. The first-order valence-corrected chi connectivity index (χ1v) is 16.7. The van der Waals surface area contributed by atoms with Crippen LogP contribution in [0.25, 0.3) is 16.5 Å². The van der Waals surface area contributed by atoms with Crippen LogP contribution >= 0.6 is 23.1 Å². The zero-order valence-corrected chi connectivity index (χ0v) is 26.4. The molecule has 1 aliphatic rings. The Morgan fingerprint density at radius 2 is 1.71 bits per heavy atom. The van der Waals surface area contributed by atoms with Crippen LogP contribution in [0.4, 0.5) is 5.13 Å². The molecule has 5 aromatic rings. The molecule has 2 aromatic heterocycles. The first-order chi connectivity index (χ1) is 22.0. The van der Waals surface area contributed by atoms with Gasteiger partial charge in [-0.15, -0.1) is 10.2 Å². The van der Waals surface area contributed by atoms with E-state index in [9.17, 15) is 14.7 Å². The number of aliphatic hydroxyl groups excluding tert-OH is 1. The number of thioether (sulfide) groups is 1. The van der Waals surface area contributed by atoms with Crippen LogP contribution in [0.3, 0.4) is 0 Å². The molecule has 3 heterocycles. The SMILES string of the molecule is CCCCCCOc1ccc(C2/C(=C(\O)c3ccncc3)C(=O)C(=O)N2c2nnc(SCc3cccc4ccccc34)s2)cc1. The average molecular weight is 637 g/mol. The monoisotopic (exact) mass is 636 g/mol. The maximum atomic E-state index is 13.6. The molecule has 0 bridgehead atoms. The number of aromatic nitrogens is 3. The summed E-state index contributed by atoms with van der Waals surface area (Å²) in [6.07, 6.45) is 7.47. The van der Waals surface area contributed by atoms with Gasteiger partial charge in [0.2, 0.25) is 5.13 Å². The fourth-order valence-corrected chi connectivity index (χ4v) is 7.26. The third-order valence-corrected chi connectivity index (χ3v) is 9.80. The molecule has 6 rings (SSSR count). The van der Waals surface area contributed by atoms with E-state index in [0.29, 0.717) is 33.6 Å². The minimum atomic E-state index is -0.902. The Balaban J connectivity index is 1.30. The fraction of sp³-hybridized carbons (Fsp3) is 0.229. The van der Waals surface area contributed by atoms with Crippen molar-refractivity contribution in [2.75, 3.05) is 11.5 Å². The highest BCUT2D eigenvalue weighted by Gasteiger charge is 2.48. The predicted octanol–water partition coefficient (Wildman–Crippen LogP) is 7.96. The summed E-state index contributed by atoms with van der Waals surface area (Å²) in [4.78, 5) is 32.5. The number of unbranched alkanes of at least 4 members (excludes halogenated alkanes) is 3.